The highest BCUT2D eigenvalue weighted by Gasteiger charge is 2.32. The predicted molar refractivity (Wildman–Crippen MR) is 55.4 cm³/mol. The van der Waals surface area contributed by atoms with Crippen LogP contribution >= 0.6 is 0 Å². The number of aromatic nitrogens is 1. The molecule has 2 rings (SSSR count). The van der Waals surface area contributed by atoms with Gasteiger partial charge in [0.1, 0.15) is 5.52 Å². The lowest BCUT2D eigenvalue weighted by molar-refractivity contribution is -0.274. The van der Waals surface area contributed by atoms with E-state index in [1.54, 1.807) is 0 Å². The van der Waals surface area contributed by atoms with Crippen LogP contribution in [0.15, 0.2) is 30.5 Å². The van der Waals surface area contributed by atoms with Crippen LogP contribution in [-0.2, 0) is 0 Å². The third-order valence-corrected chi connectivity index (χ3v) is 2.15. The number of rotatable bonds is 2. The molecule has 7 heteroatoms. The van der Waals surface area contributed by atoms with E-state index in [-0.39, 0.29) is 16.5 Å². The molecule has 0 aliphatic rings. The van der Waals surface area contributed by atoms with Crippen molar-refractivity contribution in [2.45, 2.75) is 6.36 Å². The number of nitrogens with zero attached hydrogens (tertiary/aromatic N) is 1. The Hall–Kier alpha value is -2.31. The van der Waals surface area contributed by atoms with Gasteiger partial charge in [-0.15, -0.1) is 13.2 Å². The average molecular weight is 257 g/mol. The maximum absolute atomic E-state index is 12.1. The van der Waals surface area contributed by atoms with Crippen molar-refractivity contribution < 1.29 is 27.8 Å². The fourth-order valence-electron chi connectivity index (χ4n) is 1.46. The van der Waals surface area contributed by atoms with Crippen LogP contribution in [-0.4, -0.2) is 22.4 Å². The van der Waals surface area contributed by atoms with Crippen molar-refractivity contribution in [1.29, 1.82) is 0 Å². The lowest BCUT2D eigenvalue weighted by Crippen LogP contribution is -2.17. The molecule has 1 aromatic heterocycles. The Morgan fingerprint density at radius 1 is 1.33 bits per heavy atom. The van der Waals surface area contributed by atoms with Gasteiger partial charge >= 0.3 is 12.3 Å². The van der Waals surface area contributed by atoms with E-state index in [2.05, 4.69) is 9.72 Å². The lowest BCUT2D eigenvalue weighted by atomic mass is 10.1. The fraction of sp³-hybridized carbons (Fsp3) is 0.0909. The number of carboxylic acids is 1. The van der Waals surface area contributed by atoms with Gasteiger partial charge in [-0.1, -0.05) is 12.1 Å². The Bertz CT molecular complexity index is 610. The van der Waals surface area contributed by atoms with Crippen molar-refractivity contribution in [3.63, 3.8) is 0 Å². The van der Waals surface area contributed by atoms with Crippen molar-refractivity contribution in [3.8, 4) is 5.75 Å². The number of ether oxygens (including phenoxy) is 1. The van der Waals surface area contributed by atoms with Gasteiger partial charge in [0, 0.05) is 11.6 Å². The van der Waals surface area contributed by atoms with E-state index in [4.69, 9.17) is 5.11 Å². The summed E-state index contributed by atoms with van der Waals surface area (Å²) >= 11 is 0. The summed E-state index contributed by atoms with van der Waals surface area (Å²) in [6.07, 6.45) is -3.84. The van der Waals surface area contributed by atoms with Crippen molar-refractivity contribution in [1.82, 2.24) is 4.98 Å². The zero-order valence-corrected chi connectivity index (χ0v) is 8.73. The monoisotopic (exact) mass is 257 g/mol. The first kappa shape index (κ1) is 12.2. The molecule has 0 aliphatic carbocycles. The number of benzene rings is 1. The number of hydrogen-bond donors (Lipinski definition) is 1. The molecule has 0 fully saturated rings. The molecule has 1 heterocycles. The van der Waals surface area contributed by atoms with E-state index in [0.29, 0.717) is 0 Å². The SMILES string of the molecule is O=C(O)c1cnc2c(OC(F)(F)F)cccc2c1. The first-order valence-corrected chi connectivity index (χ1v) is 4.74. The molecule has 1 aromatic carbocycles. The Balaban J connectivity index is 2.54. The Morgan fingerprint density at radius 3 is 2.67 bits per heavy atom. The highest BCUT2D eigenvalue weighted by molar-refractivity contribution is 5.94. The van der Waals surface area contributed by atoms with Crippen LogP contribution in [0.25, 0.3) is 10.9 Å². The number of carbonyl (C=O) groups is 1. The first-order chi connectivity index (χ1) is 8.37. The summed E-state index contributed by atoms with van der Waals surface area (Å²) in [6.45, 7) is 0. The second kappa shape index (κ2) is 4.17. The predicted octanol–water partition coefficient (Wildman–Crippen LogP) is 2.83. The van der Waals surface area contributed by atoms with Crippen LogP contribution in [0.3, 0.4) is 0 Å². The van der Waals surface area contributed by atoms with Crippen LogP contribution in [0.2, 0.25) is 0 Å². The number of fused-ring (bicyclic) bond motifs is 1. The van der Waals surface area contributed by atoms with Gasteiger partial charge in [-0.3, -0.25) is 4.98 Å². The van der Waals surface area contributed by atoms with Crippen molar-refractivity contribution >= 4 is 16.9 Å². The number of halogens is 3. The zero-order valence-electron chi connectivity index (χ0n) is 8.73. The Labute approximate surface area is 98.6 Å². The molecule has 0 bridgehead atoms. The summed E-state index contributed by atoms with van der Waals surface area (Å²) in [4.78, 5) is 14.4. The zero-order chi connectivity index (χ0) is 13.3. The molecule has 1 N–H and O–H groups in total. The van der Waals surface area contributed by atoms with Crippen LogP contribution < -0.4 is 4.74 Å². The maximum atomic E-state index is 12.1. The van der Waals surface area contributed by atoms with E-state index in [9.17, 15) is 18.0 Å². The summed E-state index contributed by atoms with van der Waals surface area (Å²) in [7, 11) is 0. The quantitative estimate of drug-likeness (QED) is 0.898. The topological polar surface area (TPSA) is 59.4 Å². The number of pyridine rings is 1. The smallest absolute Gasteiger partial charge is 0.478 e. The standard InChI is InChI=1S/C11H6F3NO3/c12-11(13,14)18-8-3-1-2-6-4-7(10(16)17)5-15-9(6)8/h1-5H,(H,16,17). The summed E-state index contributed by atoms with van der Waals surface area (Å²) in [5, 5.41) is 9.01. The van der Waals surface area contributed by atoms with E-state index in [1.165, 1.54) is 18.2 Å². The molecule has 0 aliphatic heterocycles. The molecule has 18 heavy (non-hydrogen) atoms. The number of carboxylic acid groups (broad SMARTS) is 1. The van der Waals surface area contributed by atoms with Crippen LogP contribution in [0.4, 0.5) is 13.2 Å². The summed E-state index contributed by atoms with van der Waals surface area (Å²) < 4.78 is 40.2. The van der Waals surface area contributed by atoms with E-state index >= 15 is 0 Å². The second-order valence-corrected chi connectivity index (χ2v) is 3.40. The average Bonchev–Trinajstić information content (AvgIpc) is 2.26. The number of alkyl halides is 3. The second-order valence-electron chi connectivity index (χ2n) is 3.40. The molecule has 4 nitrogen and oxygen atoms in total. The number of aromatic carboxylic acids is 1. The summed E-state index contributed by atoms with van der Waals surface area (Å²) in [5.74, 6) is -1.66. The Morgan fingerprint density at radius 2 is 2.06 bits per heavy atom. The van der Waals surface area contributed by atoms with Gasteiger partial charge in [0.2, 0.25) is 0 Å². The third kappa shape index (κ3) is 2.50. The minimum atomic E-state index is -4.82. The maximum Gasteiger partial charge on any atom is 0.573 e. The molecule has 94 valence electrons. The molecular formula is C11H6F3NO3. The number of para-hydroxylation sites is 1. The lowest BCUT2D eigenvalue weighted by Gasteiger charge is -2.10. The summed E-state index contributed by atoms with van der Waals surface area (Å²) in [6, 6.07) is 5.13. The fourth-order valence-corrected chi connectivity index (χ4v) is 1.46. The minimum Gasteiger partial charge on any atom is -0.478 e. The largest absolute Gasteiger partial charge is 0.573 e. The van der Waals surface area contributed by atoms with Gasteiger partial charge in [0.25, 0.3) is 0 Å². The van der Waals surface area contributed by atoms with Gasteiger partial charge in [0.15, 0.2) is 5.75 Å². The molecule has 0 atom stereocenters. The van der Waals surface area contributed by atoms with Crippen LogP contribution in [0.1, 0.15) is 10.4 Å². The van der Waals surface area contributed by atoms with E-state index in [0.717, 1.165) is 12.3 Å². The van der Waals surface area contributed by atoms with Gasteiger partial charge in [-0.05, 0) is 12.1 Å². The molecule has 0 saturated heterocycles. The van der Waals surface area contributed by atoms with Gasteiger partial charge in [-0.25, -0.2) is 4.79 Å². The highest BCUT2D eigenvalue weighted by atomic mass is 19.4. The van der Waals surface area contributed by atoms with Gasteiger partial charge < -0.3 is 9.84 Å². The van der Waals surface area contributed by atoms with Crippen LogP contribution in [0.5, 0.6) is 5.75 Å². The molecule has 0 saturated carbocycles. The number of hydrogen-bond acceptors (Lipinski definition) is 3. The van der Waals surface area contributed by atoms with Crippen molar-refractivity contribution in [2.75, 3.05) is 0 Å². The molecule has 0 amide bonds. The molecule has 0 unspecified atom stereocenters. The van der Waals surface area contributed by atoms with E-state index < -0.39 is 18.1 Å². The van der Waals surface area contributed by atoms with Gasteiger partial charge in [0.05, 0.1) is 5.56 Å². The first-order valence-electron chi connectivity index (χ1n) is 4.74. The highest BCUT2D eigenvalue weighted by Crippen LogP contribution is 2.29. The van der Waals surface area contributed by atoms with Crippen molar-refractivity contribution in [2.24, 2.45) is 0 Å². The molecular weight excluding hydrogens is 251 g/mol. The third-order valence-electron chi connectivity index (χ3n) is 2.15. The van der Waals surface area contributed by atoms with Crippen molar-refractivity contribution in [3.05, 3.63) is 36.0 Å². The van der Waals surface area contributed by atoms with Gasteiger partial charge in [-0.2, -0.15) is 0 Å². The Kier molecular flexibility index (Phi) is 2.82. The molecule has 0 radical (unpaired) electrons. The summed E-state index contributed by atoms with van der Waals surface area (Å²) in [5.41, 5.74) is -0.147. The normalized spacial score (nSPS) is 11.5. The minimum absolute atomic E-state index is 0.0418. The van der Waals surface area contributed by atoms with E-state index in [1.807, 2.05) is 0 Å². The molecule has 0 spiro atoms. The molecule has 2 aromatic rings. The van der Waals surface area contributed by atoms with Crippen LogP contribution in [0, 0.1) is 0 Å².